The van der Waals surface area contributed by atoms with Crippen LogP contribution >= 0.6 is 0 Å². The van der Waals surface area contributed by atoms with E-state index in [4.69, 9.17) is 5.11 Å². The molecular weight excluding hydrogens is 266 g/mol. The van der Waals surface area contributed by atoms with Crippen molar-refractivity contribution in [3.63, 3.8) is 0 Å². The highest BCUT2D eigenvalue weighted by molar-refractivity contribution is 5.89. The Morgan fingerprint density at radius 3 is 2.05 bits per heavy atom. The smallest absolute Gasteiger partial charge is 0.326 e. The molecule has 0 aliphatic carbocycles. The molecule has 2 unspecified atom stereocenters. The second kappa shape index (κ2) is 8.13. The average Bonchev–Trinajstić information content (AvgIpc) is 2.31. The third-order valence-electron chi connectivity index (χ3n) is 2.62. The third kappa shape index (κ3) is 6.17. The Morgan fingerprint density at radius 1 is 1.10 bits per heavy atom. The third-order valence-corrected chi connectivity index (χ3v) is 2.62. The lowest BCUT2D eigenvalue weighted by Gasteiger charge is -2.29. The molecule has 0 bridgehead atoms. The number of hydrogen-bond acceptors (Lipinski definition) is 4. The Bertz CT molecular complexity index is 397. The van der Waals surface area contributed by atoms with Crippen LogP contribution in [0.3, 0.4) is 0 Å². The Balaban J connectivity index is 4.82. The molecule has 2 atom stereocenters. The number of carbonyl (C=O) groups is 4. The van der Waals surface area contributed by atoms with Gasteiger partial charge in [0.15, 0.2) is 0 Å². The Kier molecular flexibility index (Phi) is 7.27. The summed E-state index contributed by atoms with van der Waals surface area (Å²) in [6.07, 6.45) is 0. The standard InChI is InChI=1S/C12H21N3O5/c1-7(14-10(4)17)11(18)15(8(2)12(19)20)6-5-13-9(3)16/h7-8H,5-6H2,1-4H3,(H,13,16)(H,14,17)(H,19,20). The van der Waals surface area contributed by atoms with Crippen LogP contribution in [0, 0.1) is 0 Å². The van der Waals surface area contributed by atoms with E-state index >= 15 is 0 Å². The number of carboxylic acid groups (broad SMARTS) is 1. The molecule has 0 saturated carbocycles. The molecular formula is C12H21N3O5. The van der Waals surface area contributed by atoms with Gasteiger partial charge < -0.3 is 20.6 Å². The molecule has 0 heterocycles. The molecule has 0 aromatic heterocycles. The number of nitrogens with zero attached hydrogens (tertiary/aromatic N) is 1. The van der Waals surface area contributed by atoms with Gasteiger partial charge in [-0.15, -0.1) is 0 Å². The molecule has 8 heteroatoms. The maximum absolute atomic E-state index is 12.1. The summed E-state index contributed by atoms with van der Waals surface area (Å²) in [5.74, 6) is -2.32. The predicted octanol–water partition coefficient (Wildman–Crippen LogP) is -1.05. The lowest BCUT2D eigenvalue weighted by molar-refractivity contribution is -0.150. The molecule has 0 fully saturated rings. The quantitative estimate of drug-likeness (QED) is 0.552. The summed E-state index contributed by atoms with van der Waals surface area (Å²) in [4.78, 5) is 46.0. The highest BCUT2D eigenvalue weighted by Gasteiger charge is 2.28. The van der Waals surface area contributed by atoms with Crippen LogP contribution in [0.25, 0.3) is 0 Å². The molecule has 0 saturated heterocycles. The minimum absolute atomic E-state index is 0.0514. The Morgan fingerprint density at radius 2 is 1.65 bits per heavy atom. The van der Waals surface area contributed by atoms with Gasteiger partial charge in [-0.25, -0.2) is 4.79 Å². The van der Waals surface area contributed by atoms with Gasteiger partial charge in [0.1, 0.15) is 12.1 Å². The average molecular weight is 287 g/mol. The fraction of sp³-hybridized carbons (Fsp3) is 0.667. The molecule has 0 radical (unpaired) electrons. The molecule has 20 heavy (non-hydrogen) atoms. The SMILES string of the molecule is CC(=O)NCCN(C(=O)C(C)NC(C)=O)C(C)C(=O)O. The number of rotatable bonds is 7. The van der Waals surface area contributed by atoms with Crippen LogP contribution in [0.4, 0.5) is 0 Å². The normalized spacial score (nSPS) is 13.0. The van der Waals surface area contributed by atoms with Crippen LogP contribution in [-0.2, 0) is 19.2 Å². The van der Waals surface area contributed by atoms with Gasteiger partial charge in [0, 0.05) is 26.9 Å². The van der Waals surface area contributed by atoms with Crippen LogP contribution in [0.15, 0.2) is 0 Å². The largest absolute Gasteiger partial charge is 0.480 e. The number of amides is 3. The van der Waals surface area contributed by atoms with Gasteiger partial charge in [0.2, 0.25) is 17.7 Å². The van der Waals surface area contributed by atoms with Crippen LogP contribution < -0.4 is 10.6 Å². The summed E-state index contributed by atoms with van der Waals surface area (Å²) >= 11 is 0. The summed E-state index contributed by atoms with van der Waals surface area (Å²) in [7, 11) is 0. The first kappa shape index (κ1) is 17.9. The molecule has 0 aliphatic heterocycles. The van der Waals surface area contributed by atoms with Crippen molar-refractivity contribution in [2.24, 2.45) is 0 Å². The van der Waals surface area contributed by atoms with Crippen molar-refractivity contribution in [1.29, 1.82) is 0 Å². The summed E-state index contributed by atoms with van der Waals surface area (Å²) in [6, 6.07) is -1.88. The zero-order valence-electron chi connectivity index (χ0n) is 12.1. The summed E-state index contributed by atoms with van der Waals surface area (Å²) < 4.78 is 0. The van der Waals surface area contributed by atoms with Gasteiger partial charge in [-0.1, -0.05) is 0 Å². The summed E-state index contributed by atoms with van der Waals surface area (Å²) in [5.41, 5.74) is 0. The van der Waals surface area contributed by atoms with Crippen LogP contribution in [0.1, 0.15) is 27.7 Å². The topological polar surface area (TPSA) is 116 Å². The van der Waals surface area contributed by atoms with Gasteiger partial charge in [0.25, 0.3) is 0 Å². The van der Waals surface area contributed by atoms with E-state index in [-0.39, 0.29) is 24.9 Å². The number of carbonyl (C=O) groups excluding carboxylic acids is 3. The zero-order valence-corrected chi connectivity index (χ0v) is 12.1. The molecule has 8 nitrogen and oxygen atoms in total. The summed E-state index contributed by atoms with van der Waals surface area (Å²) in [6.45, 7) is 5.64. The van der Waals surface area contributed by atoms with E-state index in [0.717, 1.165) is 4.90 Å². The van der Waals surface area contributed by atoms with Crippen molar-refractivity contribution in [1.82, 2.24) is 15.5 Å². The zero-order chi connectivity index (χ0) is 15.9. The van der Waals surface area contributed by atoms with E-state index in [9.17, 15) is 19.2 Å². The summed E-state index contributed by atoms with van der Waals surface area (Å²) in [5, 5.41) is 13.9. The minimum Gasteiger partial charge on any atom is -0.480 e. The molecule has 0 aromatic carbocycles. The predicted molar refractivity (Wildman–Crippen MR) is 70.8 cm³/mol. The maximum atomic E-state index is 12.1. The second-order valence-electron chi connectivity index (χ2n) is 4.45. The minimum atomic E-state index is -1.16. The van der Waals surface area contributed by atoms with E-state index < -0.39 is 24.0 Å². The molecule has 114 valence electrons. The van der Waals surface area contributed by atoms with Gasteiger partial charge in [-0.3, -0.25) is 14.4 Å². The van der Waals surface area contributed by atoms with E-state index in [1.165, 1.54) is 27.7 Å². The number of aliphatic carboxylic acids is 1. The van der Waals surface area contributed by atoms with Crippen molar-refractivity contribution < 1.29 is 24.3 Å². The fourth-order valence-corrected chi connectivity index (χ4v) is 1.60. The molecule has 0 aliphatic rings. The van der Waals surface area contributed by atoms with Crippen LogP contribution in [0.2, 0.25) is 0 Å². The van der Waals surface area contributed by atoms with Gasteiger partial charge in [-0.05, 0) is 13.8 Å². The van der Waals surface area contributed by atoms with E-state index in [2.05, 4.69) is 10.6 Å². The first-order valence-corrected chi connectivity index (χ1v) is 6.21. The highest BCUT2D eigenvalue weighted by atomic mass is 16.4. The maximum Gasteiger partial charge on any atom is 0.326 e. The van der Waals surface area contributed by atoms with Crippen LogP contribution in [-0.4, -0.2) is 58.9 Å². The Labute approximate surface area is 117 Å². The fourth-order valence-electron chi connectivity index (χ4n) is 1.60. The first-order chi connectivity index (χ1) is 9.16. The van der Waals surface area contributed by atoms with Crippen molar-refractivity contribution >= 4 is 23.7 Å². The number of carboxylic acids is 1. The second-order valence-corrected chi connectivity index (χ2v) is 4.45. The lowest BCUT2D eigenvalue weighted by atomic mass is 10.2. The first-order valence-electron chi connectivity index (χ1n) is 6.21. The van der Waals surface area contributed by atoms with Gasteiger partial charge in [-0.2, -0.15) is 0 Å². The van der Waals surface area contributed by atoms with Crippen molar-refractivity contribution in [2.75, 3.05) is 13.1 Å². The molecule has 0 rings (SSSR count). The van der Waals surface area contributed by atoms with Gasteiger partial charge >= 0.3 is 5.97 Å². The lowest BCUT2D eigenvalue weighted by Crippen LogP contribution is -2.53. The van der Waals surface area contributed by atoms with Crippen molar-refractivity contribution in [3.05, 3.63) is 0 Å². The van der Waals surface area contributed by atoms with E-state index in [0.29, 0.717) is 0 Å². The molecule has 0 aromatic rings. The van der Waals surface area contributed by atoms with E-state index in [1.807, 2.05) is 0 Å². The van der Waals surface area contributed by atoms with Crippen molar-refractivity contribution in [2.45, 2.75) is 39.8 Å². The van der Waals surface area contributed by atoms with Crippen LogP contribution in [0.5, 0.6) is 0 Å². The number of hydrogen-bond donors (Lipinski definition) is 3. The highest BCUT2D eigenvalue weighted by Crippen LogP contribution is 2.03. The number of nitrogens with one attached hydrogen (secondary N) is 2. The van der Waals surface area contributed by atoms with E-state index in [1.54, 1.807) is 0 Å². The van der Waals surface area contributed by atoms with Crippen molar-refractivity contribution in [3.8, 4) is 0 Å². The molecule has 3 amide bonds. The monoisotopic (exact) mass is 287 g/mol. The Hall–Kier alpha value is -2.12. The molecule has 0 spiro atoms. The van der Waals surface area contributed by atoms with Gasteiger partial charge in [0.05, 0.1) is 0 Å². The molecule has 3 N–H and O–H groups in total.